The molecule has 0 atom stereocenters. The monoisotopic (exact) mass is 471 g/mol. The van der Waals surface area contributed by atoms with Crippen LogP contribution < -0.4 is 10.6 Å². The highest BCUT2D eigenvalue weighted by atomic mass is 127. The van der Waals surface area contributed by atoms with Crippen LogP contribution in [0.4, 0.5) is 0 Å². The number of rotatable bonds is 9. The zero-order valence-electron chi connectivity index (χ0n) is 15.8. The molecule has 0 aliphatic rings. The number of nitrogens with one attached hydrogen (secondary N) is 2. The van der Waals surface area contributed by atoms with E-state index < -0.39 is 0 Å². The maximum atomic E-state index is 5.62. The summed E-state index contributed by atoms with van der Waals surface area (Å²) in [6.07, 6.45) is 2.78. The molecule has 6 heteroatoms. The van der Waals surface area contributed by atoms with Gasteiger partial charge >= 0.3 is 0 Å². The zero-order chi connectivity index (χ0) is 17.9. The normalized spacial score (nSPS) is 11.3. The molecule has 1 heterocycles. The first-order chi connectivity index (χ1) is 12.2. The van der Waals surface area contributed by atoms with E-state index in [4.69, 9.17) is 9.15 Å². The van der Waals surface area contributed by atoms with E-state index in [0.29, 0.717) is 13.2 Å². The van der Waals surface area contributed by atoms with Gasteiger partial charge in [0.2, 0.25) is 0 Å². The number of hydrogen-bond donors (Lipinski definition) is 2. The van der Waals surface area contributed by atoms with Crippen LogP contribution in [0.5, 0.6) is 0 Å². The molecular formula is C20H30IN3O2. The number of benzene rings is 1. The molecule has 0 spiro atoms. The lowest BCUT2D eigenvalue weighted by Crippen LogP contribution is -2.38. The van der Waals surface area contributed by atoms with Crippen molar-refractivity contribution in [2.24, 2.45) is 4.99 Å². The highest BCUT2D eigenvalue weighted by molar-refractivity contribution is 14.0. The Morgan fingerprint density at radius 3 is 2.46 bits per heavy atom. The van der Waals surface area contributed by atoms with Crippen molar-refractivity contribution in [3.63, 3.8) is 0 Å². The molecule has 2 rings (SSSR count). The largest absolute Gasteiger partial charge is 0.469 e. The van der Waals surface area contributed by atoms with Gasteiger partial charge in [-0.05, 0) is 44.0 Å². The molecule has 0 aliphatic heterocycles. The molecule has 0 unspecified atom stereocenters. The fourth-order valence-electron chi connectivity index (χ4n) is 2.27. The summed E-state index contributed by atoms with van der Waals surface area (Å²) < 4.78 is 11.0. The molecule has 2 aromatic rings. The van der Waals surface area contributed by atoms with Crippen LogP contribution in [0.15, 0.2) is 52.1 Å². The second-order valence-corrected chi connectivity index (χ2v) is 6.13. The molecular weight excluding hydrogens is 441 g/mol. The molecule has 1 aromatic heterocycles. The summed E-state index contributed by atoms with van der Waals surface area (Å²) in [5.74, 6) is 1.80. The molecule has 26 heavy (non-hydrogen) atoms. The number of halogens is 1. The predicted octanol–water partition coefficient (Wildman–Crippen LogP) is 4.12. The van der Waals surface area contributed by atoms with E-state index in [1.54, 1.807) is 6.26 Å². The average Bonchev–Trinajstić information content (AvgIpc) is 3.12. The minimum atomic E-state index is 0. The van der Waals surface area contributed by atoms with E-state index >= 15 is 0 Å². The van der Waals surface area contributed by atoms with Crippen molar-refractivity contribution in [1.82, 2.24) is 10.6 Å². The lowest BCUT2D eigenvalue weighted by molar-refractivity contribution is 0.0657. The van der Waals surface area contributed by atoms with E-state index in [9.17, 15) is 0 Å². The Hall–Kier alpha value is -1.54. The highest BCUT2D eigenvalue weighted by Crippen LogP contribution is 2.08. The first-order valence-corrected chi connectivity index (χ1v) is 8.91. The smallest absolute Gasteiger partial charge is 0.191 e. The first kappa shape index (κ1) is 22.5. The van der Waals surface area contributed by atoms with E-state index in [2.05, 4.69) is 46.8 Å². The Bertz CT molecular complexity index is 625. The van der Waals surface area contributed by atoms with Crippen LogP contribution in [0, 0.1) is 0 Å². The molecule has 0 saturated heterocycles. The van der Waals surface area contributed by atoms with Gasteiger partial charge in [0.1, 0.15) is 5.76 Å². The first-order valence-electron chi connectivity index (χ1n) is 8.91. The maximum absolute atomic E-state index is 5.62. The molecule has 0 bridgehead atoms. The Morgan fingerprint density at radius 2 is 1.85 bits per heavy atom. The van der Waals surface area contributed by atoms with Crippen molar-refractivity contribution >= 4 is 29.9 Å². The van der Waals surface area contributed by atoms with Crippen LogP contribution in [0.3, 0.4) is 0 Å². The van der Waals surface area contributed by atoms with Crippen LogP contribution >= 0.6 is 24.0 Å². The number of aliphatic imine (C=N–C) groups is 1. The Kier molecular flexibility index (Phi) is 11.0. The second-order valence-electron chi connectivity index (χ2n) is 6.13. The fraction of sp³-hybridized carbons (Fsp3) is 0.450. The third-order valence-electron chi connectivity index (χ3n) is 3.61. The molecule has 0 aliphatic carbocycles. The fourth-order valence-corrected chi connectivity index (χ4v) is 2.27. The minimum absolute atomic E-state index is 0. The molecule has 144 valence electrons. The lowest BCUT2D eigenvalue weighted by atomic mass is 10.1. The molecule has 0 saturated carbocycles. The second kappa shape index (κ2) is 12.8. The third kappa shape index (κ3) is 8.71. The summed E-state index contributed by atoms with van der Waals surface area (Å²) in [6, 6.07) is 12.3. The lowest BCUT2D eigenvalue weighted by Gasteiger charge is -2.11. The van der Waals surface area contributed by atoms with Gasteiger partial charge in [-0.2, -0.15) is 0 Å². The van der Waals surface area contributed by atoms with Gasteiger partial charge in [0, 0.05) is 19.5 Å². The van der Waals surface area contributed by atoms with Crippen LogP contribution in [0.2, 0.25) is 0 Å². The topological polar surface area (TPSA) is 58.8 Å². The molecule has 5 nitrogen and oxygen atoms in total. The summed E-state index contributed by atoms with van der Waals surface area (Å²) in [7, 11) is 0. The van der Waals surface area contributed by atoms with Gasteiger partial charge in [0.25, 0.3) is 0 Å². The standard InChI is InChI=1S/C20H29N3O2.HI/c1-4-21-20(22-12-11-19-6-5-13-24-19)23-14-17-7-9-18(10-8-17)15-25-16(2)3;/h5-10,13,16H,4,11-12,14-15H2,1-3H3,(H2,21,22,23);1H. The minimum Gasteiger partial charge on any atom is -0.469 e. The summed E-state index contributed by atoms with van der Waals surface area (Å²) in [5.41, 5.74) is 2.36. The van der Waals surface area contributed by atoms with Gasteiger partial charge in [-0.1, -0.05) is 24.3 Å². The van der Waals surface area contributed by atoms with Gasteiger partial charge in [0.05, 0.1) is 25.5 Å². The highest BCUT2D eigenvalue weighted by Gasteiger charge is 2.01. The van der Waals surface area contributed by atoms with Crippen molar-refractivity contribution in [2.45, 2.75) is 46.4 Å². The van der Waals surface area contributed by atoms with E-state index in [-0.39, 0.29) is 30.1 Å². The number of guanidine groups is 1. The van der Waals surface area contributed by atoms with E-state index in [1.807, 2.05) is 26.0 Å². The quantitative estimate of drug-likeness (QED) is 0.328. The molecule has 2 N–H and O–H groups in total. The van der Waals surface area contributed by atoms with Crippen molar-refractivity contribution in [3.05, 3.63) is 59.5 Å². The van der Waals surface area contributed by atoms with Crippen LogP contribution in [0.1, 0.15) is 37.7 Å². The van der Waals surface area contributed by atoms with E-state index in [1.165, 1.54) is 11.1 Å². The van der Waals surface area contributed by atoms with Gasteiger partial charge in [-0.15, -0.1) is 24.0 Å². The number of ether oxygens (including phenoxy) is 1. The van der Waals surface area contributed by atoms with Crippen LogP contribution in [-0.4, -0.2) is 25.2 Å². The van der Waals surface area contributed by atoms with Gasteiger partial charge in [-0.3, -0.25) is 0 Å². The van der Waals surface area contributed by atoms with Crippen molar-refractivity contribution in [2.75, 3.05) is 13.1 Å². The number of furan rings is 1. The van der Waals surface area contributed by atoms with Gasteiger partial charge < -0.3 is 19.8 Å². The molecule has 1 aromatic carbocycles. The molecule has 0 amide bonds. The Balaban J connectivity index is 0.00000338. The molecule has 0 fully saturated rings. The van der Waals surface area contributed by atoms with Crippen LogP contribution in [0.25, 0.3) is 0 Å². The summed E-state index contributed by atoms with van der Waals surface area (Å²) in [4.78, 5) is 4.64. The zero-order valence-corrected chi connectivity index (χ0v) is 18.2. The van der Waals surface area contributed by atoms with Crippen LogP contribution in [-0.2, 0) is 24.3 Å². The van der Waals surface area contributed by atoms with Gasteiger partial charge in [-0.25, -0.2) is 4.99 Å². The van der Waals surface area contributed by atoms with E-state index in [0.717, 1.165) is 31.2 Å². The Labute approximate surface area is 173 Å². The van der Waals surface area contributed by atoms with Gasteiger partial charge in [0.15, 0.2) is 5.96 Å². The SMILES string of the molecule is CCNC(=NCc1ccc(COC(C)C)cc1)NCCc1ccco1.I. The molecule has 0 radical (unpaired) electrons. The van der Waals surface area contributed by atoms with Crippen molar-refractivity contribution in [1.29, 1.82) is 0 Å². The third-order valence-corrected chi connectivity index (χ3v) is 3.61. The summed E-state index contributed by atoms with van der Waals surface area (Å²) in [6.45, 7) is 9.06. The average molecular weight is 471 g/mol. The maximum Gasteiger partial charge on any atom is 0.191 e. The van der Waals surface area contributed by atoms with Crippen molar-refractivity contribution in [3.8, 4) is 0 Å². The van der Waals surface area contributed by atoms with Crippen molar-refractivity contribution < 1.29 is 9.15 Å². The predicted molar refractivity (Wildman–Crippen MR) is 117 cm³/mol. The summed E-state index contributed by atoms with van der Waals surface area (Å²) in [5, 5.41) is 6.60. The number of hydrogen-bond acceptors (Lipinski definition) is 3. The summed E-state index contributed by atoms with van der Waals surface area (Å²) >= 11 is 0. The Morgan fingerprint density at radius 1 is 1.12 bits per heavy atom. The number of nitrogens with zero attached hydrogens (tertiary/aromatic N) is 1.